The summed E-state index contributed by atoms with van der Waals surface area (Å²) in [7, 11) is 6.48. The topological polar surface area (TPSA) is 53.6 Å². The Hall–Kier alpha value is -2.50. The maximum absolute atomic E-state index is 12.6. The van der Waals surface area contributed by atoms with E-state index in [1.807, 2.05) is 30.3 Å². The number of benzene rings is 1. The third-order valence-electron chi connectivity index (χ3n) is 3.14. The quantitative estimate of drug-likeness (QED) is 0.593. The number of hydrogen-bond acceptors (Lipinski definition) is 4. The van der Waals surface area contributed by atoms with Gasteiger partial charge in [0.15, 0.2) is 6.54 Å². The molecule has 1 aromatic carbocycles. The van der Waals surface area contributed by atoms with E-state index in [1.165, 1.54) is 14.2 Å². The van der Waals surface area contributed by atoms with Crippen molar-refractivity contribution in [2.45, 2.75) is 6.54 Å². The molecule has 0 spiro atoms. The summed E-state index contributed by atoms with van der Waals surface area (Å²) in [6.45, 7) is 0.208. The number of carbonyl (C=O) groups excluding carboxylic acids is 1. The number of carbonyl (C=O) groups is 1. The van der Waals surface area contributed by atoms with Crippen LogP contribution in [0, 0.1) is 0 Å². The summed E-state index contributed by atoms with van der Waals surface area (Å²) < 4.78 is 19.4. The highest BCUT2D eigenvalue weighted by molar-refractivity contribution is 6.00. The summed E-state index contributed by atoms with van der Waals surface area (Å²) in [4.78, 5) is 12.6. The van der Waals surface area contributed by atoms with Gasteiger partial charge in [-0.15, -0.1) is 0 Å². The van der Waals surface area contributed by atoms with Crippen molar-refractivity contribution < 1.29 is 23.6 Å². The minimum atomic E-state index is -0.0949. The molecule has 0 radical (unpaired) electrons. The Kier molecular flexibility index (Phi) is 4.47. The molecular weight excluding hydrogens is 272 g/mol. The molecule has 2 aromatic rings. The predicted molar refractivity (Wildman–Crippen MR) is 76.0 cm³/mol. The Morgan fingerprint density at radius 1 is 1.14 bits per heavy atom. The van der Waals surface area contributed by atoms with Crippen molar-refractivity contribution in [2.75, 3.05) is 21.3 Å². The molecule has 0 fully saturated rings. The highest BCUT2D eigenvalue weighted by Crippen LogP contribution is 2.34. The largest absolute Gasteiger partial charge is 0.496 e. The van der Waals surface area contributed by atoms with Crippen LogP contribution in [0.15, 0.2) is 30.9 Å². The lowest BCUT2D eigenvalue weighted by Crippen LogP contribution is -2.36. The van der Waals surface area contributed by atoms with E-state index < -0.39 is 0 Å². The highest BCUT2D eigenvalue weighted by Gasteiger charge is 2.22. The molecule has 6 heteroatoms. The second-order valence-electron chi connectivity index (χ2n) is 4.58. The number of ether oxygens (including phenoxy) is 3. The van der Waals surface area contributed by atoms with Crippen molar-refractivity contribution in [3.63, 3.8) is 0 Å². The fourth-order valence-electron chi connectivity index (χ4n) is 2.12. The lowest BCUT2D eigenvalue weighted by molar-refractivity contribution is -0.682. The molecule has 0 atom stereocenters. The van der Waals surface area contributed by atoms with Crippen molar-refractivity contribution in [1.29, 1.82) is 0 Å². The van der Waals surface area contributed by atoms with Gasteiger partial charge in [-0.2, -0.15) is 0 Å². The van der Waals surface area contributed by atoms with E-state index in [0.717, 1.165) is 0 Å². The normalized spacial score (nSPS) is 10.3. The number of methoxy groups -OCH3 is 3. The molecule has 21 heavy (non-hydrogen) atoms. The molecule has 112 valence electrons. The van der Waals surface area contributed by atoms with Gasteiger partial charge in [0.05, 0.1) is 28.4 Å². The molecule has 1 heterocycles. The van der Waals surface area contributed by atoms with E-state index in [0.29, 0.717) is 22.8 Å². The first-order valence-corrected chi connectivity index (χ1v) is 6.43. The maximum Gasteiger partial charge on any atom is 0.243 e. The van der Waals surface area contributed by atoms with Gasteiger partial charge in [-0.25, -0.2) is 9.13 Å². The van der Waals surface area contributed by atoms with Gasteiger partial charge in [0.25, 0.3) is 0 Å². The zero-order valence-corrected chi connectivity index (χ0v) is 12.6. The van der Waals surface area contributed by atoms with Crippen LogP contribution >= 0.6 is 0 Å². The first kappa shape index (κ1) is 14.9. The van der Waals surface area contributed by atoms with Crippen LogP contribution in [0.1, 0.15) is 10.4 Å². The zero-order chi connectivity index (χ0) is 15.4. The molecule has 0 amide bonds. The maximum atomic E-state index is 12.6. The fourth-order valence-corrected chi connectivity index (χ4v) is 2.12. The van der Waals surface area contributed by atoms with Crippen molar-refractivity contribution in [3.8, 4) is 17.2 Å². The van der Waals surface area contributed by atoms with Crippen molar-refractivity contribution in [3.05, 3.63) is 36.4 Å². The minimum absolute atomic E-state index is 0.0949. The van der Waals surface area contributed by atoms with Crippen LogP contribution in [0.25, 0.3) is 0 Å². The molecule has 0 saturated heterocycles. The van der Waals surface area contributed by atoms with Gasteiger partial charge in [-0.1, -0.05) is 0 Å². The van der Waals surface area contributed by atoms with Gasteiger partial charge in [0, 0.05) is 12.1 Å². The smallest absolute Gasteiger partial charge is 0.243 e. The first-order valence-electron chi connectivity index (χ1n) is 6.43. The number of rotatable bonds is 6. The highest BCUT2D eigenvalue weighted by atomic mass is 16.5. The van der Waals surface area contributed by atoms with Gasteiger partial charge in [-0.3, -0.25) is 4.79 Å². The van der Waals surface area contributed by atoms with Crippen LogP contribution < -0.4 is 18.8 Å². The van der Waals surface area contributed by atoms with Crippen LogP contribution in [0.2, 0.25) is 0 Å². The average Bonchev–Trinajstić information content (AvgIpc) is 2.90. The van der Waals surface area contributed by atoms with Crippen LogP contribution in [0.3, 0.4) is 0 Å². The molecule has 0 aliphatic heterocycles. The molecule has 0 saturated carbocycles. The van der Waals surface area contributed by atoms with Crippen LogP contribution in [-0.2, 0) is 13.6 Å². The molecule has 6 nitrogen and oxygen atoms in total. The number of imidazole rings is 1. The molecule has 0 unspecified atom stereocenters. The monoisotopic (exact) mass is 291 g/mol. The number of Topliss-reactive ketones (excluding diaryl/α,β-unsaturated/α-hetero) is 1. The zero-order valence-electron chi connectivity index (χ0n) is 12.6. The standard InChI is InChI=1S/C15H19N2O4/c1-16-5-6-17(10-16)9-12(18)15-13(20-3)7-11(19-2)8-14(15)21-4/h5-8,10H,9H2,1-4H3/q+1. The molecule has 0 aliphatic carbocycles. The van der Waals surface area contributed by atoms with Crippen LogP contribution in [0.4, 0.5) is 0 Å². The van der Waals surface area contributed by atoms with E-state index in [-0.39, 0.29) is 12.3 Å². The molecule has 0 bridgehead atoms. The lowest BCUT2D eigenvalue weighted by Gasteiger charge is -2.13. The van der Waals surface area contributed by atoms with Crippen molar-refractivity contribution in [2.24, 2.45) is 7.05 Å². The number of aryl methyl sites for hydroxylation is 1. The Balaban J connectivity index is 2.38. The van der Waals surface area contributed by atoms with E-state index in [1.54, 1.807) is 23.8 Å². The molecule has 0 aliphatic rings. The predicted octanol–water partition coefficient (Wildman–Crippen LogP) is 1.22. The summed E-state index contributed by atoms with van der Waals surface area (Å²) in [6.07, 6.45) is 5.54. The van der Waals surface area contributed by atoms with Gasteiger partial charge in [-0.05, 0) is 0 Å². The van der Waals surface area contributed by atoms with Crippen molar-refractivity contribution >= 4 is 5.78 Å². The van der Waals surface area contributed by atoms with Crippen LogP contribution in [-0.4, -0.2) is 31.7 Å². The molecule has 2 rings (SSSR count). The number of ketones is 1. The van der Waals surface area contributed by atoms with Crippen molar-refractivity contribution in [1.82, 2.24) is 4.57 Å². The Morgan fingerprint density at radius 2 is 1.76 bits per heavy atom. The average molecular weight is 291 g/mol. The number of hydrogen-bond donors (Lipinski definition) is 0. The van der Waals surface area contributed by atoms with E-state index in [2.05, 4.69) is 0 Å². The second-order valence-corrected chi connectivity index (χ2v) is 4.58. The number of aromatic nitrogens is 2. The summed E-state index contributed by atoms with van der Waals surface area (Å²) in [6, 6.07) is 3.34. The summed E-state index contributed by atoms with van der Waals surface area (Å²) >= 11 is 0. The third kappa shape index (κ3) is 3.16. The summed E-state index contributed by atoms with van der Waals surface area (Å²) in [5, 5.41) is 0. The summed E-state index contributed by atoms with van der Waals surface area (Å²) in [5.41, 5.74) is 0.414. The number of nitrogens with zero attached hydrogens (tertiary/aromatic N) is 2. The fraction of sp³-hybridized carbons (Fsp3) is 0.333. The molecule has 1 aromatic heterocycles. The van der Waals surface area contributed by atoms with E-state index >= 15 is 0 Å². The van der Waals surface area contributed by atoms with Gasteiger partial charge >= 0.3 is 0 Å². The second kappa shape index (κ2) is 6.30. The third-order valence-corrected chi connectivity index (χ3v) is 3.14. The Morgan fingerprint density at radius 3 is 2.19 bits per heavy atom. The summed E-state index contributed by atoms with van der Waals surface area (Å²) in [5.74, 6) is 1.36. The SMILES string of the molecule is COc1cc(OC)c(C(=O)C[n+]2ccn(C)c2)c(OC)c1. The minimum Gasteiger partial charge on any atom is -0.496 e. The van der Waals surface area contributed by atoms with E-state index in [4.69, 9.17) is 14.2 Å². The molecule has 0 N–H and O–H groups in total. The Bertz CT molecular complexity index is 624. The Labute approximate surface area is 123 Å². The van der Waals surface area contributed by atoms with Gasteiger partial charge in [0.2, 0.25) is 12.1 Å². The van der Waals surface area contributed by atoms with Gasteiger partial charge in [0.1, 0.15) is 35.2 Å². The van der Waals surface area contributed by atoms with Gasteiger partial charge < -0.3 is 14.2 Å². The first-order chi connectivity index (χ1) is 10.1. The molecular formula is C15H19N2O4+. The van der Waals surface area contributed by atoms with Crippen LogP contribution in [0.5, 0.6) is 17.2 Å². The van der Waals surface area contributed by atoms with E-state index in [9.17, 15) is 4.79 Å². The lowest BCUT2D eigenvalue weighted by atomic mass is 10.1.